The lowest BCUT2D eigenvalue weighted by Gasteiger charge is -2.22. The molecule has 0 saturated carbocycles. The van der Waals surface area contributed by atoms with Gasteiger partial charge in [0.2, 0.25) is 11.8 Å². The molecule has 0 atom stereocenters. The number of rotatable bonds is 6. The second kappa shape index (κ2) is 8.84. The summed E-state index contributed by atoms with van der Waals surface area (Å²) in [5, 5.41) is 0.487. The van der Waals surface area contributed by atoms with Crippen molar-refractivity contribution in [2.75, 3.05) is 4.90 Å². The van der Waals surface area contributed by atoms with Crippen LogP contribution in [0.4, 0.5) is 11.6 Å². The number of hydrogen-bond acceptors (Lipinski definition) is 6. The molecule has 1 radical (unpaired) electrons. The Bertz CT molecular complexity index is 1030. The van der Waals surface area contributed by atoms with Crippen molar-refractivity contribution in [2.45, 2.75) is 19.9 Å². The third-order valence-electron chi connectivity index (χ3n) is 4.18. The molecule has 29 heavy (non-hydrogen) atoms. The summed E-state index contributed by atoms with van der Waals surface area (Å²) < 4.78 is 5.92. The molecule has 0 bridgehead atoms. The Morgan fingerprint density at radius 1 is 1.10 bits per heavy atom. The van der Waals surface area contributed by atoms with Gasteiger partial charge in [-0.2, -0.15) is 4.98 Å². The van der Waals surface area contributed by atoms with Gasteiger partial charge in [0.1, 0.15) is 11.6 Å². The molecular formula is C22H19ClN5O. The zero-order valence-electron chi connectivity index (χ0n) is 15.9. The van der Waals surface area contributed by atoms with Crippen LogP contribution in [0, 0.1) is 13.3 Å². The van der Waals surface area contributed by atoms with E-state index in [2.05, 4.69) is 26.4 Å². The van der Waals surface area contributed by atoms with Crippen molar-refractivity contribution in [3.05, 3.63) is 95.7 Å². The third-order valence-corrected chi connectivity index (χ3v) is 4.37. The molecule has 0 fully saturated rings. The smallest absolute Gasteiger partial charge is 0.230 e. The van der Waals surface area contributed by atoms with Crippen molar-refractivity contribution < 1.29 is 4.74 Å². The number of benzene rings is 1. The molecule has 6 nitrogen and oxygen atoms in total. The van der Waals surface area contributed by atoms with Crippen LogP contribution in [0.2, 0.25) is 5.02 Å². The lowest BCUT2D eigenvalue weighted by Crippen LogP contribution is -2.20. The number of nitrogens with zero attached hydrogens (tertiary/aromatic N) is 5. The molecule has 0 unspecified atom stereocenters. The van der Waals surface area contributed by atoms with E-state index < -0.39 is 0 Å². The van der Waals surface area contributed by atoms with Crippen molar-refractivity contribution in [1.82, 2.24) is 19.9 Å². The fraction of sp³-hybridized carbons (Fsp3) is 0.136. The molecule has 145 valence electrons. The minimum Gasteiger partial charge on any atom is -0.439 e. The normalized spacial score (nSPS) is 13.1. The van der Waals surface area contributed by atoms with Gasteiger partial charge in [0, 0.05) is 11.8 Å². The molecular weight excluding hydrogens is 386 g/mol. The number of aryl methyl sites for hydroxylation is 1. The van der Waals surface area contributed by atoms with Crippen LogP contribution in [0.5, 0.6) is 5.88 Å². The van der Waals surface area contributed by atoms with E-state index in [4.69, 9.17) is 16.3 Å². The van der Waals surface area contributed by atoms with Crippen LogP contribution < -0.4 is 9.64 Å². The summed E-state index contributed by atoms with van der Waals surface area (Å²) >= 11 is 5.96. The highest BCUT2D eigenvalue weighted by molar-refractivity contribution is 6.30. The molecule has 1 aliphatic carbocycles. The number of para-hydroxylation sites is 1. The zero-order chi connectivity index (χ0) is 20.1. The minimum atomic E-state index is 0.452. The maximum Gasteiger partial charge on any atom is 0.230 e. The molecule has 1 aromatic carbocycles. The van der Waals surface area contributed by atoms with Crippen molar-refractivity contribution >= 4 is 23.2 Å². The van der Waals surface area contributed by atoms with Crippen LogP contribution in [0.3, 0.4) is 0 Å². The summed E-state index contributed by atoms with van der Waals surface area (Å²) in [6.07, 6.45) is 12.0. The SMILES string of the molecule is Cc1nc(CN(c2ccccc2)c2ncc(Cl)cn2)cc(OC2=CC[CH]C=C2)n1. The van der Waals surface area contributed by atoms with Gasteiger partial charge in [-0.25, -0.2) is 15.0 Å². The van der Waals surface area contributed by atoms with E-state index in [9.17, 15) is 0 Å². The predicted octanol–water partition coefficient (Wildman–Crippen LogP) is 4.99. The molecule has 7 heteroatoms. The summed E-state index contributed by atoms with van der Waals surface area (Å²) in [4.78, 5) is 19.7. The maximum atomic E-state index is 5.96. The molecule has 0 N–H and O–H groups in total. The Kier molecular flexibility index (Phi) is 5.81. The van der Waals surface area contributed by atoms with Crippen molar-refractivity contribution in [3.63, 3.8) is 0 Å². The average molecular weight is 405 g/mol. The topological polar surface area (TPSA) is 64.0 Å². The number of allylic oxidation sites excluding steroid dienone is 3. The largest absolute Gasteiger partial charge is 0.439 e. The molecule has 2 aromatic heterocycles. The van der Waals surface area contributed by atoms with Crippen molar-refractivity contribution in [2.24, 2.45) is 0 Å². The van der Waals surface area contributed by atoms with Crippen molar-refractivity contribution in [3.8, 4) is 5.88 Å². The zero-order valence-corrected chi connectivity index (χ0v) is 16.6. The molecule has 0 saturated heterocycles. The Morgan fingerprint density at radius 3 is 2.62 bits per heavy atom. The predicted molar refractivity (Wildman–Crippen MR) is 113 cm³/mol. The number of ether oxygens (including phenoxy) is 1. The highest BCUT2D eigenvalue weighted by atomic mass is 35.5. The molecule has 0 spiro atoms. The molecule has 0 amide bonds. The van der Waals surface area contributed by atoms with E-state index in [1.807, 2.05) is 66.4 Å². The van der Waals surface area contributed by atoms with Gasteiger partial charge in [-0.05, 0) is 44.1 Å². The molecule has 0 aliphatic heterocycles. The van der Waals surface area contributed by atoms with E-state index in [-0.39, 0.29) is 0 Å². The third kappa shape index (κ3) is 4.97. The lowest BCUT2D eigenvalue weighted by atomic mass is 10.2. The Hall–Kier alpha value is -3.25. The van der Waals surface area contributed by atoms with Crippen LogP contribution in [0.15, 0.2) is 72.8 Å². The van der Waals surface area contributed by atoms with Gasteiger partial charge >= 0.3 is 0 Å². The molecule has 3 aromatic rings. The van der Waals surface area contributed by atoms with Gasteiger partial charge in [0.25, 0.3) is 0 Å². The highest BCUT2D eigenvalue weighted by Crippen LogP contribution is 2.25. The lowest BCUT2D eigenvalue weighted by molar-refractivity contribution is 0.419. The van der Waals surface area contributed by atoms with Gasteiger partial charge in [-0.1, -0.05) is 35.9 Å². The highest BCUT2D eigenvalue weighted by Gasteiger charge is 2.15. The molecule has 2 heterocycles. The van der Waals surface area contributed by atoms with E-state index in [0.717, 1.165) is 23.6 Å². The second-order valence-electron chi connectivity index (χ2n) is 6.41. The van der Waals surface area contributed by atoms with Gasteiger partial charge < -0.3 is 9.64 Å². The maximum absolute atomic E-state index is 5.96. The summed E-state index contributed by atoms with van der Waals surface area (Å²) in [6, 6.07) is 11.7. The van der Waals surface area contributed by atoms with E-state index in [0.29, 0.717) is 29.2 Å². The van der Waals surface area contributed by atoms with Crippen LogP contribution in [-0.4, -0.2) is 19.9 Å². The fourth-order valence-electron chi connectivity index (χ4n) is 2.92. The van der Waals surface area contributed by atoms with Gasteiger partial charge in [0.15, 0.2) is 0 Å². The first-order valence-electron chi connectivity index (χ1n) is 9.20. The number of aromatic nitrogens is 4. The minimum absolute atomic E-state index is 0.452. The van der Waals surface area contributed by atoms with Gasteiger partial charge in [-0.15, -0.1) is 0 Å². The van der Waals surface area contributed by atoms with Crippen LogP contribution in [0.1, 0.15) is 17.9 Å². The standard InChI is InChI=1S/C22H19ClN5O/c1-16-26-18(12-21(27-16)29-20-10-6-3-7-11-20)15-28(19-8-4-2-5-9-19)22-24-13-17(23)14-25-22/h2-6,8-14H,7,15H2,1H3. The van der Waals surface area contributed by atoms with Crippen LogP contribution in [-0.2, 0) is 6.54 Å². The molecule has 1 aliphatic rings. The monoisotopic (exact) mass is 404 g/mol. The number of hydrogen-bond donors (Lipinski definition) is 0. The molecule has 4 rings (SSSR count). The summed E-state index contributed by atoms with van der Waals surface area (Å²) in [6.45, 7) is 2.30. The average Bonchev–Trinajstić information content (AvgIpc) is 2.74. The Labute approximate surface area is 174 Å². The Balaban J connectivity index is 1.64. The second-order valence-corrected chi connectivity index (χ2v) is 6.84. The number of anilines is 2. The van der Waals surface area contributed by atoms with E-state index in [1.165, 1.54) is 0 Å². The van der Waals surface area contributed by atoms with Crippen molar-refractivity contribution in [1.29, 1.82) is 0 Å². The first-order valence-corrected chi connectivity index (χ1v) is 9.58. The van der Waals surface area contributed by atoms with Crippen LogP contribution in [0.25, 0.3) is 0 Å². The first kappa shape index (κ1) is 19.1. The van der Waals surface area contributed by atoms with Crippen LogP contribution >= 0.6 is 11.6 Å². The van der Waals surface area contributed by atoms with E-state index in [1.54, 1.807) is 12.4 Å². The Morgan fingerprint density at radius 2 is 1.90 bits per heavy atom. The summed E-state index contributed by atoms with van der Waals surface area (Å²) in [5.41, 5.74) is 1.74. The van der Waals surface area contributed by atoms with Gasteiger partial charge in [-0.3, -0.25) is 0 Å². The fourth-order valence-corrected chi connectivity index (χ4v) is 3.01. The summed E-state index contributed by atoms with van der Waals surface area (Å²) in [7, 11) is 0. The first-order chi connectivity index (χ1) is 14.2. The van der Waals surface area contributed by atoms with Gasteiger partial charge in [0.05, 0.1) is 29.7 Å². The van der Waals surface area contributed by atoms with E-state index >= 15 is 0 Å². The number of halogens is 1. The quantitative estimate of drug-likeness (QED) is 0.576. The summed E-state index contributed by atoms with van der Waals surface area (Å²) in [5.74, 6) is 2.45.